The van der Waals surface area contributed by atoms with Crippen LogP contribution in [-0.2, 0) is 0 Å². The molecule has 0 spiro atoms. The molecule has 0 atom stereocenters. The van der Waals surface area contributed by atoms with Crippen molar-refractivity contribution in [1.82, 2.24) is 24.9 Å². The van der Waals surface area contributed by atoms with E-state index in [0.29, 0.717) is 22.6 Å². The number of fused-ring (bicyclic) bond motifs is 3. The van der Waals surface area contributed by atoms with Crippen molar-refractivity contribution in [3.05, 3.63) is 54.0 Å². The third-order valence-electron chi connectivity index (χ3n) is 6.82. The first-order valence-corrected chi connectivity index (χ1v) is 13.3. The second kappa shape index (κ2) is 10.9. The zero-order chi connectivity index (χ0) is 25.1. The number of aromatic nitrogens is 2. The van der Waals surface area contributed by atoms with Crippen LogP contribution in [0.4, 0.5) is 4.39 Å². The number of thiazole rings is 1. The summed E-state index contributed by atoms with van der Waals surface area (Å²) in [6.07, 6.45) is 6.49. The number of imidazole rings is 1. The predicted molar refractivity (Wildman–Crippen MR) is 143 cm³/mol. The molecule has 36 heavy (non-hydrogen) atoms. The van der Waals surface area contributed by atoms with Crippen molar-refractivity contribution in [2.75, 3.05) is 40.3 Å². The Labute approximate surface area is 214 Å². The quantitative estimate of drug-likeness (QED) is 0.422. The third kappa shape index (κ3) is 5.23. The van der Waals surface area contributed by atoms with Crippen LogP contribution in [0, 0.1) is 5.82 Å². The minimum absolute atomic E-state index is 0.119. The van der Waals surface area contributed by atoms with E-state index in [9.17, 15) is 9.18 Å². The van der Waals surface area contributed by atoms with E-state index < -0.39 is 0 Å². The first-order chi connectivity index (χ1) is 17.5. The molecule has 2 fully saturated rings. The number of amides is 1. The van der Waals surface area contributed by atoms with Gasteiger partial charge >= 0.3 is 0 Å². The van der Waals surface area contributed by atoms with Crippen LogP contribution in [0.25, 0.3) is 26.4 Å². The van der Waals surface area contributed by atoms with Gasteiger partial charge in [0, 0.05) is 23.9 Å². The van der Waals surface area contributed by atoms with E-state index in [2.05, 4.69) is 27.6 Å². The van der Waals surface area contributed by atoms with Gasteiger partial charge in [0.25, 0.3) is 5.91 Å². The zero-order valence-electron chi connectivity index (χ0n) is 20.7. The fourth-order valence-corrected chi connectivity index (χ4v) is 5.74. The average Bonchev–Trinajstić information content (AvgIpc) is 3.64. The van der Waals surface area contributed by atoms with E-state index >= 15 is 0 Å². The molecular weight excluding hydrogens is 477 g/mol. The maximum absolute atomic E-state index is 14.2. The van der Waals surface area contributed by atoms with Gasteiger partial charge in [-0.2, -0.15) is 0 Å². The number of piperidine rings is 1. The molecule has 4 aromatic rings. The standard InChI is InChI=1S/C23H23FN4O2S.C4H9N/c1-27-9-7-14(8-10-27)25-22(29)16-11-21-19(12-20(16)30-2)28-13-18(26-23(28)31-21)15-5-3-4-6-17(15)24;1-2-4-5-3-1/h3-6,11-14H,7-10H2,1-2H3,(H,25,29);5H,1-4H2. The zero-order valence-corrected chi connectivity index (χ0v) is 21.5. The number of rotatable bonds is 4. The average molecular weight is 510 g/mol. The lowest BCUT2D eigenvalue weighted by molar-refractivity contribution is 0.0914. The first kappa shape index (κ1) is 24.7. The fourth-order valence-electron chi connectivity index (χ4n) is 4.71. The lowest BCUT2D eigenvalue weighted by Gasteiger charge is -2.29. The smallest absolute Gasteiger partial charge is 0.255 e. The molecule has 1 amide bonds. The molecule has 4 heterocycles. The van der Waals surface area contributed by atoms with Crippen LogP contribution in [0.3, 0.4) is 0 Å². The molecule has 2 aliphatic heterocycles. The minimum atomic E-state index is -0.303. The molecule has 6 rings (SSSR count). The summed E-state index contributed by atoms with van der Waals surface area (Å²) in [7, 11) is 3.66. The highest BCUT2D eigenvalue weighted by Gasteiger charge is 2.23. The number of likely N-dealkylation sites (tertiary alicyclic amines) is 1. The van der Waals surface area contributed by atoms with Crippen molar-refractivity contribution >= 4 is 32.4 Å². The van der Waals surface area contributed by atoms with Crippen LogP contribution in [0.5, 0.6) is 5.75 Å². The molecule has 0 radical (unpaired) electrons. The molecule has 190 valence electrons. The van der Waals surface area contributed by atoms with Crippen LogP contribution >= 0.6 is 11.3 Å². The van der Waals surface area contributed by atoms with E-state index in [1.54, 1.807) is 25.3 Å². The van der Waals surface area contributed by atoms with Crippen molar-refractivity contribution < 1.29 is 13.9 Å². The van der Waals surface area contributed by atoms with Gasteiger partial charge in [0.05, 0.1) is 28.6 Å². The van der Waals surface area contributed by atoms with Crippen LogP contribution < -0.4 is 15.4 Å². The summed E-state index contributed by atoms with van der Waals surface area (Å²) >= 11 is 1.47. The van der Waals surface area contributed by atoms with Crippen molar-refractivity contribution in [2.24, 2.45) is 0 Å². The van der Waals surface area contributed by atoms with Gasteiger partial charge in [-0.3, -0.25) is 9.20 Å². The van der Waals surface area contributed by atoms with Crippen molar-refractivity contribution in [3.8, 4) is 17.0 Å². The normalized spacial score (nSPS) is 16.8. The molecule has 0 aliphatic carbocycles. The Morgan fingerprint density at radius 1 is 1.19 bits per heavy atom. The lowest BCUT2D eigenvalue weighted by Crippen LogP contribution is -2.43. The first-order valence-electron chi connectivity index (χ1n) is 12.5. The highest BCUT2D eigenvalue weighted by Crippen LogP contribution is 2.34. The van der Waals surface area contributed by atoms with Gasteiger partial charge in [0.2, 0.25) is 0 Å². The highest BCUT2D eigenvalue weighted by atomic mass is 32.1. The Morgan fingerprint density at radius 3 is 2.61 bits per heavy atom. The Kier molecular flexibility index (Phi) is 7.50. The summed E-state index contributed by atoms with van der Waals surface area (Å²) in [6.45, 7) is 4.46. The second-order valence-electron chi connectivity index (χ2n) is 9.39. The predicted octanol–water partition coefficient (Wildman–Crippen LogP) is 4.56. The molecule has 7 nitrogen and oxygen atoms in total. The molecule has 2 aromatic heterocycles. The van der Waals surface area contributed by atoms with Gasteiger partial charge in [0.1, 0.15) is 11.6 Å². The largest absolute Gasteiger partial charge is 0.496 e. The molecule has 9 heteroatoms. The number of benzene rings is 2. The number of hydrogen-bond acceptors (Lipinski definition) is 6. The summed E-state index contributed by atoms with van der Waals surface area (Å²) in [4.78, 5) is 20.6. The SMILES string of the molecule is C1CCNC1.COc1cc2c(cc1C(=O)NC1CCN(C)CC1)sc1nc(-c3ccccc3F)cn12. The van der Waals surface area contributed by atoms with Crippen molar-refractivity contribution in [2.45, 2.75) is 31.7 Å². The van der Waals surface area contributed by atoms with E-state index in [0.717, 1.165) is 41.1 Å². The molecule has 2 N–H and O–H groups in total. The van der Waals surface area contributed by atoms with E-state index in [-0.39, 0.29) is 17.8 Å². The van der Waals surface area contributed by atoms with Crippen LogP contribution in [-0.4, -0.2) is 66.6 Å². The Balaban J connectivity index is 0.000000477. The summed E-state index contributed by atoms with van der Waals surface area (Å²) in [6, 6.07) is 10.5. The van der Waals surface area contributed by atoms with Crippen molar-refractivity contribution in [1.29, 1.82) is 0 Å². The van der Waals surface area contributed by atoms with Crippen LogP contribution in [0.15, 0.2) is 42.6 Å². The maximum atomic E-state index is 14.2. The van der Waals surface area contributed by atoms with Crippen molar-refractivity contribution in [3.63, 3.8) is 0 Å². The van der Waals surface area contributed by atoms with Crippen LogP contribution in [0.2, 0.25) is 0 Å². The lowest BCUT2D eigenvalue weighted by atomic mass is 10.0. The number of hydrogen-bond donors (Lipinski definition) is 2. The highest BCUT2D eigenvalue weighted by molar-refractivity contribution is 7.23. The van der Waals surface area contributed by atoms with E-state index in [1.165, 1.54) is 43.3 Å². The Hall–Kier alpha value is -3.01. The summed E-state index contributed by atoms with van der Waals surface area (Å²) < 4.78 is 22.6. The molecule has 2 aliphatic rings. The molecule has 0 bridgehead atoms. The fraction of sp³-hybridized carbons (Fsp3) is 0.407. The number of nitrogens with zero attached hydrogens (tertiary/aromatic N) is 3. The summed E-state index contributed by atoms with van der Waals surface area (Å²) in [5, 5.41) is 6.38. The molecule has 2 saturated heterocycles. The Bertz CT molecular complexity index is 1350. The number of carbonyl (C=O) groups is 1. The summed E-state index contributed by atoms with van der Waals surface area (Å²) in [5.41, 5.74) is 2.44. The van der Waals surface area contributed by atoms with E-state index in [1.807, 2.05) is 22.7 Å². The van der Waals surface area contributed by atoms with Gasteiger partial charge in [-0.15, -0.1) is 0 Å². The van der Waals surface area contributed by atoms with Gasteiger partial charge in [-0.05, 0) is 77.1 Å². The monoisotopic (exact) mass is 509 g/mol. The van der Waals surface area contributed by atoms with Gasteiger partial charge < -0.3 is 20.3 Å². The molecule has 0 unspecified atom stereocenters. The molecule has 0 saturated carbocycles. The van der Waals surface area contributed by atoms with Crippen LogP contribution in [0.1, 0.15) is 36.0 Å². The topological polar surface area (TPSA) is 70.9 Å². The Morgan fingerprint density at radius 2 is 1.94 bits per heavy atom. The number of ether oxygens (including phenoxy) is 1. The maximum Gasteiger partial charge on any atom is 0.255 e. The van der Waals surface area contributed by atoms with Gasteiger partial charge in [-0.25, -0.2) is 9.37 Å². The molecule has 2 aromatic carbocycles. The third-order valence-corrected chi connectivity index (χ3v) is 7.84. The minimum Gasteiger partial charge on any atom is -0.496 e. The van der Waals surface area contributed by atoms with Gasteiger partial charge in [0.15, 0.2) is 4.96 Å². The van der Waals surface area contributed by atoms with Gasteiger partial charge in [-0.1, -0.05) is 23.5 Å². The summed E-state index contributed by atoms with van der Waals surface area (Å²) in [5.74, 6) is 0.0909. The number of halogens is 1. The number of methoxy groups -OCH3 is 1. The van der Waals surface area contributed by atoms with E-state index in [4.69, 9.17) is 4.74 Å². The number of nitrogens with one attached hydrogen (secondary N) is 2. The second-order valence-corrected chi connectivity index (χ2v) is 10.4. The number of carbonyl (C=O) groups excluding carboxylic acids is 1. The molecular formula is C27H32FN5O2S.